The van der Waals surface area contributed by atoms with E-state index in [0.717, 1.165) is 25.7 Å². The Kier molecular flexibility index (Phi) is 4.53. The zero-order chi connectivity index (χ0) is 12.4. The lowest BCUT2D eigenvalue weighted by molar-refractivity contribution is 0.412. The van der Waals surface area contributed by atoms with Gasteiger partial charge in [0.25, 0.3) is 0 Å². The molecule has 1 unspecified atom stereocenters. The summed E-state index contributed by atoms with van der Waals surface area (Å²) in [5, 5.41) is 2.79. The lowest BCUT2D eigenvalue weighted by Crippen LogP contribution is -1.92. The van der Waals surface area contributed by atoms with Crippen molar-refractivity contribution >= 4 is 54.8 Å². The second kappa shape index (κ2) is 5.74. The van der Waals surface area contributed by atoms with E-state index in [9.17, 15) is 0 Å². The Morgan fingerprint density at radius 3 is 2.65 bits per heavy atom. The number of methoxy groups -OCH3 is 1. The van der Waals surface area contributed by atoms with Crippen LogP contribution in [0.15, 0.2) is 34.1 Å². The number of rotatable bonds is 3. The summed E-state index contributed by atoms with van der Waals surface area (Å²) in [4.78, 5) is 1.22. The van der Waals surface area contributed by atoms with Crippen molar-refractivity contribution < 1.29 is 4.74 Å². The number of hydrogen-bond acceptors (Lipinski definition) is 2. The fraction of sp³-hybridized carbons (Fsp3) is 0.167. The molecule has 0 N–H and O–H groups in total. The van der Waals surface area contributed by atoms with Crippen LogP contribution in [-0.2, 0) is 0 Å². The van der Waals surface area contributed by atoms with Gasteiger partial charge < -0.3 is 4.74 Å². The van der Waals surface area contributed by atoms with Crippen LogP contribution in [0.25, 0.3) is 0 Å². The van der Waals surface area contributed by atoms with E-state index < -0.39 is 0 Å². The molecule has 1 atom stereocenters. The van der Waals surface area contributed by atoms with Crippen LogP contribution in [0.3, 0.4) is 0 Å². The molecule has 0 amide bonds. The van der Waals surface area contributed by atoms with Gasteiger partial charge >= 0.3 is 0 Å². The molecule has 5 heteroatoms. The fourth-order valence-corrected chi connectivity index (χ4v) is 4.19. The summed E-state index contributed by atoms with van der Waals surface area (Å²) in [6.07, 6.45) is 0. The smallest absolute Gasteiger partial charge is 0.133 e. The Balaban J connectivity index is 2.35. The van der Waals surface area contributed by atoms with Gasteiger partial charge in [0.15, 0.2) is 0 Å². The quantitative estimate of drug-likeness (QED) is 0.609. The zero-order valence-corrected chi connectivity index (χ0v) is 13.7. The molecule has 2 rings (SSSR count). The van der Waals surface area contributed by atoms with Crippen molar-refractivity contribution in [2.75, 3.05) is 7.11 Å². The summed E-state index contributed by atoms with van der Waals surface area (Å²) >= 11 is 14.9. The van der Waals surface area contributed by atoms with Crippen molar-refractivity contribution in [3.05, 3.63) is 49.6 Å². The number of thiophene rings is 1. The highest BCUT2D eigenvalue weighted by Crippen LogP contribution is 2.40. The Morgan fingerprint density at radius 1 is 1.35 bits per heavy atom. The maximum Gasteiger partial charge on any atom is 0.133 e. The van der Waals surface area contributed by atoms with E-state index >= 15 is 0 Å². The first-order valence-corrected chi connectivity index (χ1v) is 7.80. The first-order chi connectivity index (χ1) is 8.13. The highest BCUT2D eigenvalue weighted by molar-refractivity contribution is 9.10. The van der Waals surface area contributed by atoms with Crippen molar-refractivity contribution in [1.82, 2.24) is 0 Å². The van der Waals surface area contributed by atoms with Crippen LogP contribution in [0.4, 0.5) is 0 Å². The van der Waals surface area contributed by atoms with Crippen molar-refractivity contribution in [3.8, 4) is 5.75 Å². The average Bonchev–Trinajstić information content (AvgIpc) is 2.74. The third-order valence-electron chi connectivity index (χ3n) is 2.34. The number of ether oxygens (including phenoxy) is 1. The third kappa shape index (κ3) is 2.87. The maximum absolute atomic E-state index is 6.13. The predicted molar refractivity (Wildman–Crippen MR) is 80.8 cm³/mol. The van der Waals surface area contributed by atoms with Crippen LogP contribution in [0.5, 0.6) is 5.75 Å². The first-order valence-electron chi connectivity index (χ1n) is 4.84. The molecule has 1 aromatic heterocycles. The largest absolute Gasteiger partial charge is 0.496 e. The number of alkyl halides is 1. The number of halogens is 3. The Morgan fingerprint density at radius 2 is 2.12 bits per heavy atom. The van der Waals surface area contributed by atoms with E-state index in [1.165, 1.54) is 0 Å². The SMILES string of the molecule is COc1ccc(C(Br)c2sccc2Cl)cc1Br. The van der Waals surface area contributed by atoms with E-state index in [0.29, 0.717) is 0 Å². The van der Waals surface area contributed by atoms with Crippen LogP contribution in [0.2, 0.25) is 5.02 Å². The monoisotopic (exact) mass is 394 g/mol. The molecule has 1 heterocycles. The molecular formula is C12H9Br2ClOS. The minimum atomic E-state index is 0.109. The van der Waals surface area contributed by atoms with Gasteiger partial charge in [-0.3, -0.25) is 0 Å². The van der Waals surface area contributed by atoms with Gasteiger partial charge in [-0.05, 0) is 45.1 Å². The van der Waals surface area contributed by atoms with Gasteiger partial charge in [-0.15, -0.1) is 11.3 Å². The Bertz CT molecular complexity index is 527. The highest BCUT2D eigenvalue weighted by atomic mass is 79.9. The van der Waals surface area contributed by atoms with E-state index in [2.05, 4.69) is 31.9 Å². The molecule has 17 heavy (non-hydrogen) atoms. The molecule has 0 radical (unpaired) electrons. The Hall–Kier alpha value is -0.0300. The normalized spacial score (nSPS) is 12.5. The van der Waals surface area contributed by atoms with Crippen molar-refractivity contribution in [2.45, 2.75) is 4.83 Å². The zero-order valence-electron chi connectivity index (χ0n) is 8.91. The fourth-order valence-electron chi connectivity index (χ4n) is 1.48. The molecule has 0 saturated heterocycles. The topological polar surface area (TPSA) is 9.23 Å². The Labute approximate surface area is 126 Å². The van der Waals surface area contributed by atoms with Crippen molar-refractivity contribution in [2.24, 2.45) is 0 Å². The molecule has 2 aromatic rings. The molecule has 1 aromatic carbocycles. The van der Waals surface area contributed by atoms with E-state index in [-0.39, 0.29) is 4.83 Å². The molecule has 0 aliphatic rings. The first kappa shape index (κ1) is 13.4. The summed E-state index contributed by atoms with van der Waals surface area (Å²) < 4.78 is 6.15. The third-order valence-corrected chi connectivity index (χ3v) is 5.68. The molecule has 1 nitrogen and oxygen atoms in total. The number of hydrogen-bond donors (Lipinski definition) is 0. The van der Waals surface area contributed by atoms with Gasteiger partial charge in [-0.25, -0.2) is 0 Å². The summed E-state index contributed by atoms with van der Waals surface area (Å²) in [7, 11) is 1.65. The molecule has 0 fully saturated rings. The summed E-state index contributed by atoms with van der Waals surface area (Å²) in [5.41, 5.74) is 1.14. The minimum absolute atomic E-state index is 0.109. The van der Waals surface area contributed by atoms with Crippen molar-refractivity contribution in [3.63, 3.8) is 0 Å². The predicted octanol–water partition coefficient (Wildman–Crippen LogP) is 5.66. The second-order valence-corrected chi connectivity index (χ2v) is 6.51. The molecule has 0 aliphatic carbocycles. The summed E-state index contributed by atoms with van der Waals surface area (Å²) in [6, 6.07) is 7.91. The number of benzene rings is 1. The lowest BCUT2D eigenvalue weighted by atomic mass is 10.1. The molecule has 0 spiro atoms. The van der Waals surface area contributed by atoms with Gasteiger partial charge in [0, 0.05) is 4.88 Å². The van der Waals surface area contributed by atoms with E-state index in [1.807, 2.05) is 29.6 Å². The highest BCUT2D eigenvalue weighted by Gasteiger charge is 2.16. The van der Waals surface area contributed by atoms with Crippen LogP contribution in [0.1, 0.15) is 15.3 Å². The maximum atomic E-state index is 6.13. The summed E-state index contributed by atoms with van der Waals surface area (Å²) in [5.74, 6) is 0.825. The van der Waals surface area contributed by atoms with Gasteiger partial charge in [0.05, 0.1) is 21.4 Å². The molecule has 0 bridgehead atoms. The lowest BCUT2D eigenvalue weighted by Gasteiger charge is -2.11. The minimum Gasteiger partial charge on any atom is -0.496 e. The standard InChI is InChI=1S/C12H9Br2ClOS/c1-16-10-3-2-7(6-8(10)13)11(14)12-9(15)4-5-17-12/h2-6,11H,1H3. The summed E-state index contributed by atoms with van der Waals surface area (Å²) in [6.45, 7) is 0. The van der Waals surface area contributed by atoms with Crippen LogP contribution in [-0.4, -0.2) is 7.11 Å². The van der Waals surface area contributed by atoms with E-state index in [4.69, 9.17) is 16.3 Å². The molecule has 90 valence electrons. The van der Waals surface area contributed by atoms with Crippen LogP contribution in [0, 0.1) is 0 Å². The molecule has 0 saturated carbocycles. The van der Waals surface area contributed by atoms with Gasteiger partial charge in [0.1, 0.15) is 5.75 Å². The van der Waals surface area contributed by atoms with Crippen LogP contribution < -0.4 is 4.74 Å². The molecule has 0 aliphatic heterocycles. The van der Waals surface area contributed by atoms with Crippen LogP contribution >= 0.6 is 54.8 Å². The van der Waals surface area contributed by atoms with Gasteiger partial charge in [-0.2, -0.15) is 0 Å². The van der Waals surface area contributed by atoms with Crippen molar-refractivity contribution in [1.29, 1.82) is 0 Å². The van der Waals surface area contributed by atoms with E-state index in [1.54, 1.807) is 18.4 Å². The van der Waals surface area contributed by atoms with Gasteiger partial charge in [0.2, 0.25) is 0 Å². The van der Waals surface area contributed by atoms with Gasteiger partial charge in [-0.1, -0.05) is 33.6 Å². The average molecular weight is 397 g/mol. The second-order valence-electron chi connectivity index (χ2n) is 3.39. The molecular weight excluding hydrogens is 387 g/mol.